The molecule has 0 saturated carbocycles. The molecule has 262 valence electrons. The minimum atomic E-state index is 0.660. The summed E-state index contributed by atoms with van der Waals surface area (Å²) in [6.45, 7) is 0. The second-order valence-electron chi connectivity index (χ2n) is 14.2. The lowest BCUT2D eigenvalue weighted by Gasteiger charge is -2.12. The predicted molar refractivity (Wildman–Crippen MR) is 231 cm³/mol. The molecule has 0 saturated heterocycles. The van der Waals surface area contributed by atoms with Gasteiger partial charge in [-0.05, 0) is 82.9 Å². The third kappa shape index (κ3) is 5.39. The van der Waals surface area contributed by atoms with E-state index in [1.165, 1.54) is 21.8 Å². The zero-order valence-electron chi connectivity index (χ0n) is 30.3. The van der Waals surface area contributed by atoms with Crippen LogP contribution in [0.1, 0.15) is 0 Å². The minimum Gasteiger partial charge on any atom is -0.456 e. The van der Waals surface area contributed by atoms with E-state index in [1.54, 1.807) is 0 Å². The van der Waals surface area contributed by atoms with Gasteiger partial charge in [0.05, 0.1) is 22.4 Å². The van der Waals surface area contributed by atoms with Gasteiger partial charge in [0.1, 0.15) is 11.2 Å². The van der Waals surface area contributed by atoms with Gasteiger partial charge >= 0.3 is 0 Å². The number of aromatic nitrogens is 3. The van der Waals surface area contributed by atoms with Crippen LogP contribution in [0.2, 0.25) is 0 Å². The van der Waals surface area contributed by atoms with Crippen LogP contribution >= 0.6 is 0 Å². The Morgan fingerprint density at radius 2 is 0.946 bits per heavy atom. The largest absolute Gasteiger partial charge is 0.456 e. The zero-order valence-corrected chi connectivity index (χ0v) is 30.3. The Labute approximate surface area is 323 Å². The van der Waals surface area contributed by atoms with Crippen molar-refractivity contribution in [3.63, 3.8) is 0 Å². The summed E-state index contributed by atoms with van der Waals surface area (Å²) < 4.78 is 8.68. The van der Waals surface area contributed by atoms with Crippen LogP contribution in [0, 0.1) is 0 Å². The van der Waals surface area contributed by atoms with Crippen LogP contribution in [0.5, 0.6) is 0 Å². The number of benzene rings is 8. The quantitative estimate of drug-likeness (QED) is 0.172. The van der Waals surface area contributed by atoms with E-state index in [0.29, 0.717) is 5.82 Å². The lowest BCUT2D eigenvalue weighted by Crippen LogP contribution is -1.96. The molecule has 0 aliphatic heterocycles. The molecule has 56 heavy (non-hydrogen) atoms. The van der Waals surface area contributed by atoms with Crippen molar-refractivity contribution < 1.29 is 4.42 Å². The summed E-state index contributed by atoms with van der Waals surface area (Å²) >= 11 is 0. The highest BCUT2D eigenvalue weighted by Gasteiger charge is 2.18. The van der Waals surface area contributed by atoms with Gasteiger partial charge in [-0.2, -0.15) is 0 Å². The average molecular weight is 716 g/mol. The first-order valence-corrected chi connectivity index (χ1v) is 18.9. The van der Waals surface area contributed by atoms with Gasteiger partial charge in [-0.25, -0.2) is 9.97 Å². The minimum absolute atomic E-state index is 0.660. The van der Waals surface area contributed by atoms with Crippen LogP contribution in [0.4, 0.5) is 0 Å². The molecule has 3 heterocycles. The van der Waals surface area contributed by atoms with Crippen LogP contribution in [0.25, 0.3) is 106 Å². The van der Waals surface area contributed by atoms with Gasteiger partial charge in [0.15, 0.2) is 5.82 Å². The normalized spacial score (nSPS) is 11.6. The third-order valence-electron chi connectivity index (χ3n) is 10.8. The highest BCUT2D eigenvalue weighted by molar-refractivity contribution is 6.16. The van der Waals surface area contributed by atoms with Crippen molar-refractivity contribution in [3.8, 4) is 61.8 Å². The summed E-state index contributed by atoms with van der Waals surface area (Å²) in [5, 5.41) is 4.63. The fraction of sp³-hybridized carbons (Fsp3) is 0. The lowest BCUT2D eigenvalue weighted by molar-refractivity contribution is 0.669. The second kappa shape index (κ2) is 13.1. The van der Waals surface area contributed by atoms with Gasteiger partial charge in [-0.1, -0.05) is 140 Å². The fourth-order valence-electron chi connectivity index (χ4n) is 8.19. The van der Waals surface area contributed by atoms with Gasteiger partial charge in [-0.15, -0.1) is 0 Å². The van der Waals surface area contributed by atoms with Crippen molar-refractivity contribution in [1.29, 1.82) is 0 Å². The number of nitrogens with zero attached hydrogens (tertiary/aromatic N) is 3. The maximum atomic E-state index is 6.32. The lowest BCUT2D eigenvalue weighted by atomic mass is 9.97. The third-order valence-corrected chi connectivity index (χ3v) is 10.8. The van der Waals surface area contributed by atoms with Gasteiger partial charge in [0, 0.05) is 43.9 Å². The van der Waals surface area contributed by atoms with Crippen molar-refractivity contribution in [2.45, 2.75) is 0 Å². The van der Waals surface area contributed by atoms with Crippen LogP contribution in [-0.4, -0.2) is 14.5 Å². The molecular weight excluding hydrogens is 683 g/mol. The first-order chi connectivity index (χ1) is 27.7. The van der Waals surface area contributed by atoms with Gasteiger partial charge in [0.2, 0.25) is 0 Å². The number of fused-ring (bicyclic) bond motifs is 6. The van der Waals surface area contributed by atoms with Crippen LogP contribution in [0.3, 0.4) is 0 Å². The molecule has 0 aliphatic rings. The predicted octanol–water partition coefficient (Wildman–Crippen LogP) is 13.8. The highest BCUT2D eigenvalue weighted by Crippen LogP contribution is 2.40. The van der Waals surface area contributed by atoms with Gasteiger partial charge in [-0.3, -0.25) is 0 Å². The molecule has 0 spiro atoms. The number of hydrogen-bond donors (Lipinski definition) is 0. The van der Waals surface area contributed by atoms with Crippen molar-refractivity contribution in [3.05, 3.63) is 200 Å². The topological polar surface area (TPSA) is 43.9 Å². The van der Waals surface area contributed by atoms with Crippen LogP contribution in [-0.2, 0) is 0 Å². The Hall–Kier alpha value is -7.56. The molecule has 4 heteroatoms. The summed E-state index contributed by atoms with van der Waals surface area (Å²) in [5.74, 6) is 0.660. The van der Waals surface area contributed by atoms with E-state index < -0.39 is 0 Å². The van der Waals surface area contributed by atoms with Gasteiger partial charge < -0.3 is 8.98 Å². The second-order valence-corrected chi connectivity index (χ2v) is 14.2. The smallest absolute Gasteiger partial charge is 0.160 e. The number of hydrogen-bond acceptors (Lipinski definition) is 3. The van der Waals surface area contributed by atoms with E-state index in [-0.39, 0.29) is 0 Å². The molecule has 0 atom stereocenters. The first-order valence-electron chi connectivity index (χ1n) is 18.9. The average Bonchev–Trinajstić information content (AvgIpc) is 3.82. The number of para-hydroxylation sites is 3. The first kappa shape index (κ1) is 31.9. The molecular formula is C52H33N3O. The summed E-state index contributed by atoms with van der Waals surface area (Å²) in [6.07, 6.45) is 0. The maximum absolute atomic E-state index is 6.32. The Bertz CT molecular complexity index is 3250. The molecule has 0 bridgehead atoms. The summed E-state index contributed by atoms with van der Waals surface area (Å²) in [6, 6.07) is 70.3. The number of furan rings is 1. The van der Waals surface area contributed by atoms with Crippen molar-refractivity contribution in [2.75, 3.05) is 0 Å². The number of rotatable bonds is 6. The molecule has 0 aliphatic carbocycles. The molecule has 11 rings (SSSR count). The summed E-state index contributed by atoms with van der Waals surface area (Å²) in [4.78, 5) is 10.6. The zero-order chi connectivity index (χ0) is 37.0. The highest BCUT2D eigenvalue weighted by atomic mass is 16.3. The van der Waals surface area contributed by atoms with E-state index in [2.05, 4.69) is 180 Å². The molecule has 0 amide bonds. The molecule has 0 unspecified atom stereocenters. The van der Waals surface area contributed by atoms with Crippen molar-refractivity contribution in [1.82, 2.24) is 14.5 Å². The molecule has 0 fully saturated rings. The molecule has 0 N–H and O–H groups in total. The van der Waals surface area contributed by atoms with Crippen LogP contribution in [0.15, 0.2) is 205 Å². The van der Waals surface area contributed by atoms with Crippen molar-refractivity contribution >= 4 is 43.7 Å². The van der Waals surface area contributed by atoms with Crippen LogP contribution < -0.4 is 0 Å². The Kier molecular flexibility index (Phi) is 7.46. The van der Waals surface area contributed by atoms with Crippen molar-refractivity contribution in [2.24, 2.45) is 0 Å². The molecule has 11 aromatic rings. The Morgan fingerprint density at radius 1 is 0.357 bits per heavy atom. The van der Waals surface area contributed by atoms with Gasteiger partial charge in [0.25, 0.3) is 0 Å². The molecule has 0 radical (unpaired) electrons. The van der Waals surface area contributed by atoms with E-state index in [0.717, 1.165) is 78.0 Å². The monoisotopic (exact) mass is 715 g/mol. The van der Waals surface area contributed by atoms with E-state index in [9.17, 15) is 0 Å². The van der Waals surface area contributed by atoms with E-state index >= 15 is 0 Å². The summed E-state index contributed by atoms with van der Waals surface area (Å²) in [7, 11) is 0. The summed E-state index contributed by atoms with van der Waals surface area (Å²) in [5.41, 5.74) is 14.4. The molecule has 4 nitrogen and oxygen atoms in total. The molecule has 8 aromatic carbocycles. The Balaban J connectivity index is 1.09. The standard InChI is InChI=1S/C52H33N3O/c1-3-14-34(15-4-1)35-16-11-18-37(30-35)45-33-46(38-28-29-43-42-22-8-10-27-49(42)56-50(43)32-38)54-52(53-45)39-19-12-17-36(31-39)41-24-13-26-48-51(41)44-23-7-9-25-47(44)55(48)40-20-5-2-6-21-40/h1-33H. The Morgan fingerprint density at radius 3 is 1.79 bits per heavy atom. The fourth-order valence-corrected chi connectivity index (χ4v) is 8.19. The van der Waals surface area contributed by atoms with E-state index in [1.807, 2.05) is 24.3 Å². The molecule has 3 aromatic heterocycles. The van der Waals surface area contributed by atoms with E-state index in [4.69, 9.17) is 14.4 Å². The maximum Gasteiger partial charge on any atom is 0.160 e. The SMILES string of the molecule is c1ccc(-c2cccc(-c3cc(-c4ccc5c(c4)oc4ccccc45)nc(-c4cccc(-c5cccc6c5c5ccccc5n6-c5ccccc5)c4)n3)c2)cc1.